The molecule has 0 aromatic carbocycles. The number of nitrogens with one attached hydrogen (secondary N) is 1. The van der Waals surface area contributed by atoms with Gasteiger partial charge in [-0.3, -0.25) is 0 Å². The van der Waals surface area contributed by atoms with Crippen molar-refractivity contribution in [3.63, 3.8) is 0 Å². The normalized spacial score (nSPS) is 22.7. The highest BCUT2D eigenvalue weighted by Crippen LogP contribution is 2.28. The fourth-order valence-electron chi connectivity index (χ4n) is 0.897. The Kier molecular flexibility index (Phi) is 1.19. The Bertz CT molecular complexity index is 158. The zero-order chi connectivity index (χ0) is 7.07. The van der Waals surface area contributed by atoms with E-state index in [-0.39, 0.29) is 5.54 Å². The van der Waals surface area contributed by atoms with Crippen LogP contribution in [0.15, 0.2) is 11.5 Å². The molecule has 2 heteroatoms. The monoisotopic (exact) mass is 127 g/mol. The largest absolute Gasteiger partial charge is 0.482 e. The lowest BCUT2D eigenvalue weighted by molar-refractivity contribution is 0.189. The van der Waals surface area contributed by atoms with Gasteiger partial charge in [-0.2, -0.15) is 0 Å². The molecule has 0 bridgehead atoms. The van der Waals surface area contributed by atoms with Crippen LogP contribution in [0, 0.1) is 0 Å². The molecule has 1 N–H and O–H groups in total. The minimum Gasteiger partial charge on any atom is -0.482 e. The molecular formula is C7H13NO. The average Bonchev–Trinajstić information content (AvgIpc) is 1.82. The highest BCUT2D eigenvalue weighted by atomic mass is 16.5. The summed E-state index contributed by atoms with van der Waals surface area (Å²) < 4.78 is 5.00. The van der Waals surface area contributed by atoms with Crippen molar-refractivity contribution < 1.29 is 4.74 Å². The SMILES string of the molecule is COC1=C(C)C(C)(C)N1. The first kappa shape index (κ1) is 6.46. The second-order valence-corrected chi connectivity index (χ2v) is 2.91. The van der Waals surface area contributed by atoms with Gasteiger partial charge in [0.15, 0.2) is 5.88 Å². The van der Waals surface area contributed by atoms with E-state index in [2.05, 4.69) is 26.1 Å². The predicted molar refractivity (Wildman–Crippen MR) is 36.9 cm³/mol. The lowest BCUT2D eigenvalue weighted by Crippen LogP contribution is -2.50. The number of methoxy groups -OCH3 is 1. The quantitative estimate of drug-likeness (QED) is 0.572. The predicted octanol–water partition coefficient (Wildman–Crippen LogP) is 1.25. The fraction of sp³-hybridized carbons (Fsp3) is 0.714. The molecule has 0 unspecified atom stereocenters. The van der Waals surface area contributed by atoms with Gasteiger partial charge in [-0.1, -0.05) is 0 Å². The Morgan fingerprint density at radius 1 is 1.44 bits per heavy atom. The lowest BCUT2D eigenvalue weighted by atomic mass is 9.89. The third kappa shape index (κ3) is 0.784. The summed E-state index contributed by atoms with van der Waals surface area (Å²) in [6.07, 6.45) is 0. The van der Waals surface area contributed by atoms with Crippen molar-refractivity contribution in [2.45, 2.75) is 26.3 Å². The molecule has 0 aromatic rings. The van der Waals surface area contributed by atoms with E-state index in [0.29, 0.717) is 0 Å². The number of rotatable bonds is 1. The van der Waals surface area contributed by atoms with Gasteiger partial charge in [-0.15, -0.1) is 0 Å². The van der Waals surface area contributed by atoms with E-state index >= 15 is 0 Å². The van der Waals surface area contributed by atoms with Crippen molar-refractivity contribution in [2.75, 3.05) is 7.11 Å². The molecule has 1 aliphatic rings. The molecule has 0 aromatic heterocycles. The Morgan fingerprint density at radius 3 is 2.11 bits per heavy atom. The van der Waals surface area contributed by atoms with E-state index in [1.54, 1.807) is 7.11 Å². The van der Waals surface area contributed by atoms with Gasteiger partial charge >= 0.3 is 0 Å². The van der Waals surface area contributed by atoms with Gasteiger partial charge in [0.25, 0.3) is 0 Å². The average molecular weight is 127 g/mol. The van der Waals surface area contributed by atoms with E-state index in [1.165, 1.54) is 5.57 Å². The van der Waals surface area contributed by atoms with Crippen LogP contribution in [0.4, 0.5) is 0 Å². The molecule has 0 fully saturated rings. The Hall–Kier alpha value is -0.660. The third-order valence-corrected chi connectivity index (χ3v) is 1.91. The minimum atomic E-state index is 0.158. The zero-order valence-corrected chi connectivity index (χ0v) is 6.41. The molecule has 9 heavy (non-hydrogen) atoms. The summed E-state index contributed by atoms with van der Waals surface area (Å²) in [5, 5.41) is 3.18. The second kappa shape index (κ2) is 1.66. The first-order chi connectivity index (χ1) is 4.08. The molecule has 0 saturated carbocycles. The van der Waals surface area contributed by atoms with E-state index in [1.807, 2.05) is 0 Å². The molecule has 0 atom stereocenters. The van der Waals surface area contributed by atoms with Crippen LogP contribution < -0.4 is 5.32 Å². The molecule has 2 nitrogen and oxygen atoms in total. The molecule has 0 saturated heterocycles. The maximum Gasteiger partial charge on any atom is 0.188 e. The number of hydrogen-bond acceptors (Lipinski definition) is 2. The van der Waals surface area contributed by atoms with Crippen LogP contribution in [0.1, 0.15) is 20.8 Å². The summed E-state index contributed by atoms with van der Waals surface area (Å²) in [6.45, 7) is 6.34. The molecule has 0 aliphatic carbocycles. The first-order valence-corrected chi connectivity index (χ1v) is 3.11. The van der Waals surface area contributed by atoms with E-state index in [4.69, 9.17) is 4.74 Å². The van der Waals surface area contributed by atoms with Crippen molar-refractivity contribution in [1.29, 1.82) is 0 Å². The van der Waals surface area contributed by atoms with Crippen LogP contribution >= 0.6 is 0 Å². The minimum absolute atomic E-state index is 0.158. The summed E-state index contributed by atoms with van der Waals surface area (Å²) in [5.41, 5.74) is 1.45. The van der Waals surface area contributed by atoms with Crippen molar-refractivity contribution in [3.05, 3.63) is 11.5 Å². The van der Waals surface area contributed by atoms with E-state index < -0.39 is 0 Å². The molecule has 0 amide bonds. The number of ether oxygens (including phenoxy) is 1. The van der Waals surface area contributed by atoms with E-state index in [0.717, 1.165) is 5.88 Å². The molecule has 1 aliphatic heterocycles. The maximum atomic E-state index is 5.00. The van der Waals surface area contributed by atoms with Crippen LogP contribution in [0.5, 0.6) is 0 Å². The van der Waals surface area contributed by atoms with Gasteiger partial charge in [0.2, 0.25) is 0 Å². The van der Waals surface area contributed by atoms with Gasteiger partial charge in [-0.25, -0.2) is 0 Å². The van der Waals surface area contributed by atoms with Gasteiger partial charge < -0.3 is 10.1 Å². The molecule has 1 heterocycles. The molecule has 0 radical (unpaired) electrons. The van der Waals surface area contributed by atoms with Crippen LogP contribution in [-0.2, 0) is 4.74 Å². The Labute approximate surface area is 55.9 Å². The molecule has 1 rings (SSSR count). The summed E-state index contributed by atoms with van der Waals surface area (Å²) >= 11 is 0. The second-order valence-electron chi connectivity index (χ2n) is 2.91. The Morgan fingerprint density at radius 2 is 2.00 bits per heavy atom. The topological polar surface area (TPSA) is 21.3 Å². The van der Waals surface area contributed by atoms with Crippen LogP contribution in [0.2, 0.25) is 0 Å². The smallest absolute Gasteiger partial charge is 0.188 e. The van der Waals surface area contributed by atoms with Crippen molar-refractivity contribution >= 4 is 0 Å². The maximum absolute atomic E-state index is 5.00. The van der Waals surface area contributed by atoms with Crippen LogP contribution in [0.3, 0.4) is 0 Å². The van der Waals surface area contributed by atoms with E-state index in [9.17, 15) is 0 Å². The highest BCUT2D eigenvalue weighted by Gasteiger charge is 2.33. The van der Waals surface area contributed by atoms with Gasteiger partial charge in [-0.05, 0) is 20.8 Å². The summed E-state index contributed by atoms with van der Waals surface area (Å²) in [4.78, 5) is 0. The lowest BCUT2D eigenvalue weighted by Gasteiger charge is -2.39. The van der Waals surface area contributed by atoms with Gasteiger partial charge in [0, 0.05) is 5.57 Å². The zero-order valence-electron chi connectivity index (χ0n) is 6.41. The highest BCUT2D eigenvalue weighted by molar-refractivity contribution is 5.29. The van der Waals surface area contributed by atoms with Gasteiger partial charge in [0.05, 0.1) is 12.6 Å². The van der Waals surface area contributed by atoms with Crippen LogP contribution in [0.25, 0.3) is 0 Å². The fourth-order valence-corrected chi connectivity index (χ4v) is 0.897. The van der Waals surface area contributed by atoms with Crippen molar-refractivity contribution in [1.82, 2.24) is 5.32 Å². The third-order valence-electron chi connectivity index (χ3n) is 1.91. The summed E-state index contributed by atoms with van der Waals surface area (Å²) in [5.74, 6) is 0.931. The molecular weight excluding hydrogens is 114 g/mol. The molecule has 52 valence electrons. The Balaban J connectivity index is 2.73. The number of hydrogen-bond donors (Lipinski definition) is 1. The van der Waals surface area contributed by atoms with Gasteiger partial charge in [0.1, 0.15) is 0 Å². The standard InChI is InChI=1S/C7H13NO/c1-5-6(9-4)8-7(5,2)3/h8H,1-4H3. The van der Waals surface area contributed by atoms with Crippen molar-refractivity contribution in [3.8, 4) is 0 Å². The molecule has 0 spiro atoms. The first-order valence-electron chi connectivity index (χ1n) is 3.11. The van der Waals surface area contributed by atoms with Crippen molar-refractivity contribution in [2.24, 2.45) is 0 Å². The summed E-state index contributed by atoms with van der Waals surface area (Å²) in [7, 11) is 1.68. The summed E-state index contributed by atoms with van der Waals surface area (Å²) in [6, 6.07) is 0. The van der Waals surface area contributed by atoms with Crippen LogP contribution in [-0.4, -0.2) is 12.6 Å².